The van der Waals surface area contributed by atoms with Crippen LogP contribution < -0.4 is 5.32 Å². The van der Waals surface area contributed by atoms with Gasteiger partial charge in [0.15, 0.2) is 17.5 Å². The first-order valence-electron chi connectivity index (χ1n) is 7.70. The molecule has 1 saturated carbocycles. The molecule has 0 heterocycles. The van der Waals surface area contributed by atoms with Crippen molar-refractivity contribution in [3.05, 3.63) is 28.8 Å². The summed E-state index contributed by atoms with van der Waals surface area (Å²) in [6.45, 7) is 3.65. The summed E-state index contributed by atoms with van der Waals surface area (Å²) < 4.78 is 38.6. The van der Waals surface area contributed by atoms with Gasteiger partial charge in [-0.1, -0.05) is 25.4 Å². The fourth-order valence-electron chi connectivity index (χ4n) is 2.86. The molecule has 0 saturated heterocycles. The zero-order valence-electron chi connectivity index (χ0n) is 13.7. The molecule has 136 valence electrons. The SMILES string of the molecule is CCC1(C)CC(=O)C(C(=O)Nc2ccc(Cl)c(C(F)(F)F)c2)C(=O)C1. The predicted molar refractivity (Wildman–Crippen MR) is 86.2 cm³/mol. The van der Waals surface area contributed by atoms with Gasteiger partial charge in [0, 0.05) is 18.5 Å². The Balaban J connectivity index is 2.20. The van der Waals surface area contributed by atoms with Crippen LogP contribution in [0.15, 0.2) is 18.2 Å². The molecular formula is C17H17ClF3NO3. The third kappa shape index (κ3) is 4.21. The van der Waals surface area contributed by atoms with Crippen molar-refractivity contribution in [1.29, 1.82) is 0 Å². The van der Waals surface area contributed by atoms with E-state index in [1.807, 2.05) is 6.92 Å². The number of hydrogen-bond donors (Lipinski definition) is 1. The van der Waals surface area contributed by atoms with Crippen LogP contribution in [0.2, 0.25) is 5.02 Å². The van der Waals surface area contributed by atoms with Crippen molar-refractivity contribution in [3.8, 4) is 0 Å². The molecule has 4 nitrogen and oxygen atoms in total. The Kier molecular flexibility index (Phi) is 5.27. The lowest BCUT2D eigenvalue weighted by molar-refractivity contribution is -0.145. The molecule has 0 bridgehead atoms. The van der Waals surface area contributed by atoms with E-state index in [-0.39, 0.29) is 18.5 Å². The van der Waals surface area contributed by atoms with Gasteiger partial charge in [-0.3, -0.25) is 14.4 Å². The van der Waals surface area contributed by atoms with Crippen LogP contribution in [-0.4, -0.2) is 17.5 Å². The molecule has 1 aliphatic rings. The van der Waals surface area contributed by atoms with E-state index in [1.165, 1.54) is 6.07 Å². The molecule has 1 amide bonds. The summed E-state index contributed by atoms with van der Waals surface area (Å²) >= 11 is 5.52. The fourth-order valence-corrected chi connectivity index (χ4v) is 3.09. The van der Waals surface area contributed by atoms with E-state index < -0.39 is 45.6 Å². The molecule has 1 N–H and O–H groups in total. The fraction of sp³-hybridized carbons (Fsp3) is 0.471. The number of nitrogens with one attached hydrogen (secondary N) is 1. The monoisotopic (exact) mass is 375 g/mol. The van der Waals surface area contributed by atoms with Gasteiger partial charge in [0.05, 0.1) is 10.6 Å². The Labute approximate surface area is 147 Å². The zero-order chi connectivity index (χ0) is 19.0. The molecule has 0 aliphatic heterocycles. The van der Waals surface area contributed by atoms with Gasteiger partial charge in [-0.15, -0.1) is 0 Å². The number of Topliss-reactive ketones (excluding diaryl/α,β-unsaturated/α-hetero) is 2. The number of anilines is 1. The van der Waals surface area contributed by atoms with Crippen LogP contribution in [0.4, 0.5) is 18.9 Å². The van der Waals surface area contributed by atoms with Crippen LogP contribution in [0.3, 0.4) is 0 Å². The molecule has 1 aliphatic carbocycles. The second-order valence-electron chi connectivity index (χ2n) is 6.57. The van der Waals surface area contributed by atoms with Gasteiger partial charge in [-0.2, -0.15) is 13.2 Å². The molecule has 1 aromatic carbocycles. The van der Waals surface area contributed by atoms with Gasteiger partial charge in [-0.05, 0) is 30.0 Å². The number of carbonyl (C=O) groups is 3. The number of halogens is 4. The normalized spacial score (nSPS) is 24.3. The Morgan fingerprint density at radius 1 is 1.28 bits per heavy atom. The average molecular weight is 376 g/mol. The summed E-state index contributed by atoms with van der Waals surface area (Å²) in [6, 6.07) is 2.86. The van der Waals surface area contributed by atoms with E-state index in [0.29, 0.717) is 12.5 Å². The van der Waals surface area contributed by atoms with Crippen molar-refractivity contribution >= 4 is 34.8 Å². The van der Waals surface area contributed by atoms with Crippen molar-refractivity contribution in [3.63, 3.8) is 0 Å². The van der Waals surface area contributed by atoms with Gasteiger partial charge >= 0.3 is 6.18 Å². The minimum Gasteiger partial charge on any atom is -0.325 e. The van der Waals surface area contributed by atoms with Crippen molar-refractivity contribution in [2.45, 2.75) is 39.3 Å². The first kappa shape index (κ1) is 19.4. The maximum absolute atomic E-state index is 12.9. The summed E-state index contributed by atoms with van der Waals surface area (Å²) in [5.74, 6) is -3.42. The highest BCUT2D eigenvalue weighted by Gasteiger charge is 2.44. The highest BCUT2D eigenvalue weighted by atomic mass is 35.5. The van der Waals surface area contributed by atoms with Crippen LogP contribution in [0.25, 0.3) is 0 Å². The summed E-state index contributed by atoms with van der Waals surface area (Å²) in [5, 5.41) is 1.71. The molecule has 2 rings (SSSR count). The second-order valence-corrected chi connectivity index (χ2v) is 6.97. The van der Waals surface area contributed by atoms with E-state index in [0.717, 1.165) is 6.07 Å². The van der Waals surface area contributed by atoms with E-state index >= 15 is 0 Å². The Morgan fingerprint density at radius 3 is 2.32 bits per heavy atom. The Bertz CT molecular complexity index is 712. The van der Waals surface area contributed by atoms with Gasteiger partial charge in [0.1, 0.15) is 0 Å². The Hall–Kier alpha value is -1.89. The van der Waals surface area contributed by atoms with Crippen molar-refractivity contribution < 1.29 is 27.6 Å². The topological polar surface area (TPSA) is 63.2 Å². The smallest absolute Gasteiger partial charge is 0.325 e. The first-order valence-corrected chi connectivity index (χ1v) is 8.08. The maximum Gasteiger partial charge on any atom is 0.417 e. The van der Waals surface area contributed by atoms with Crippen LogP contribution in [-0.2, 0) is 20.6 Å². The number of benzene rings is 1. The molecule has 25 heavy (non-hydrogen) atoms. The number of rotatable bonds is 3. The lowest BCUT2D eigenvalue weighted by atomic mass is 9.68. The molecule has 0 radical (unpaired) electrons. The summed E-state index contributed by atoms with van der Waals surface area (Å²) in [7, 11) is 0. The largest absolute Gasteiger partial charge is 0.417 e. The molecule has 0 atom stereocenters. The molecule has 1 aromatic rings. The van der Waals surface area contributed by atoms with Crippen LogP contribution in [0, 0.1) is 11.3 Å². The highest BCUT2D eigenvalue weighted by Crippen LogP contribution is 2.38. The molecule has 0 spiro atoms. The van der Waals surface area contributed by atoms with Crippen LogP contribution in [0.1, 0.15) is 38.7 Å². The average Bonchev–Trinajstić information content (AvgIpc) is 2.47. The standard InChI is InChI=1S/C17H17ClF3NO3/c1-3-16(2)7-12(23)14(13(24)8-16)15(25)22-9-4-5-11(18)10(6-9)17(19,20)21/h4-6,14H,3,7-8H2,1-2H3,(H,22,25). The van der Waals surface area contributed by atoms with Crippen molar-refractivity contribution in [2.75, 3.05) is 5.32 Å². The van der Waals surface area contributed by atoms with Crippen molar-refractivity contribution in [2.24, 2.45) is 11.3 Å². The van der Waals surface area contributed by atoms with E-state index in [2.05, 4.69) is 5.32 Å². The van der Waals surface area contributed by atoms with E-state index in [1.54, 1.807) is 6.92 Å². The van der Waals surface area contributed by atoms with E-state index in [4.69, 9.17) is 11.6 Å². The number of carbonyl (C=O) groups excluding carboxylic acids is 3. The Morgan fingerprint density at radius 2 is 1.84 bits per heavy atom. The zero-order valence-corrected chi connectivity index (χ0v) is 14.4. The molecule has 0 unspecified atom stereocenters. The minimum atomic E-state index is -4.68. The predicted octanol–water partition coefficient (Wildman–Crippen LogP) is 4.26. The lowest BCUT2D eigenvalue weighted by Crippen LogP contribution is -2.44. The van der Waals surface area contributed by atoms with Gasteiger partial charge in [-0.25, -0.2) is 0 Å². The third-order valence-corrected chi connectivity index (χ3v) is 4.83. The third-order valence-electron chi connectivity index (χ3n) is 4.50. The quantitative estimate of drug-likeness (QED) is 0.803. The molecule has 0 aromatic heterocycles. The van der Waals surface area contributed by atoms with Crippen molar-refractivity contribution in [1.82, 2.24) is 0 Å². The molecule has 1 fully saturated rings. The van der Waals surface area contributed by atoms with Gasteiger partial charge in [0.25, 0.3) is 0 Å². The summed E-state index contributed by atoms with van der Waals surface area (Å²) in [5.41, 5.74) is -1.76. The summed E-state index contributed by atoms with van der Waals surface area (Å²) in [4.78, 5) is 36.7. The number of ketones is 2. The minimum absolute atomic E-state index is 0.0851. The maximum atomic E-state index is 12.9. The number of hydrogen-bond acceptors (Lipinski definition) is 3. The van der Waals surface area contributed by atoms with E-state index in [9.17, 15) is 27.6 Å². The number of alkyl halides is 3. The summed E-state index contributed by atoms with van der Waals surface area (Å²) in [6.07, 6.45) is -3.90. The highest BCUT2D eigenvalue weighted by molar-refractivity contribution is 6.31. The van der Waals surface area contributed by atoms with Gasteiger partial charge < -0.3 is 5.32 Å². The van der Waals surface area contributed by atoms with Gasteiger partial charge in [0.2, 0.25) is 5.91 Å². The lowest BCUT2D eigenvalue weighted by Gasteiger charge is -2.33. The molecular weight excluding hydrogens is 359 g/mol. The second kappa shape index (κ2) is 6.78. The van der Waals surface area contributed by atoms with Crippen LogP contribution >= 0.6 is 11.6 Å². The number of amides is 1. The first-order chi connectivity index (χ1) is 11.5. The molecule has 8 heteroatoms. The van der Waals surface area contributed by atoms with Crippen LogP contribution in [0.5, 0.6) is 0 Å².